The van der Waals surface area contributed by atoms with E-state index in [2.05, 4.69) is 0 Å². The van der Waals surface area contributed by atoms with Gasteiger partial charge in [-0.25, -0.2) is 13.6 Å². The van der Waals surface area contributed by atoms with Crippen LogP contribution in [0.4, 0.5) is 8.78 Å². The lowest BCUT2D eigenvalue weighted by atomic mass is 10.1. The highest BCUT2D eigenvalue weighted by Gasteiger charge is 2.52. The van der Waals surface area contributed by atoms with Crippen molar-refractivity contribution in [2.24, 2.45) is 0 Å². The van der Waals surface area contributed by atoms with Crippen LogP contribution in [0.2, 0.25) is 0 Å². The summed E-state index contributed by atoms with van der Waals surface area (Å²) in [6.45, 7) is 2.73. The van der Waals surface area contributed by atoms with Crippen LogP contribution in [0.15, 0.2) is 15.8 Å². The molecule has 1 aromatic heterocycles. The number of aryl methyl sites for hydroxylation is 1. The lowest BCUT2D eigenvalue weighted by molar-refractivity contribution is -0.126. The van der Waals surface area contributed by atoms with Crippen molar-refractivity contribution in [2.75, 3.05) is 0 Å². The van der Waals surface area contributed by atoms with Gasteiger partial charge in [0.2, 0.25) is 6.23 Å². The Morgan fingerprint density at radius 1 is 1.58 bits per heavy atom. The summed E-state index contributed by atoms with van der Waals surface area (Å²) in [7, 11) is 0. The maximum atomic E-state index is 13.8. The SMILES string of the molecule is Cc1cn(C2OC(C(C)O)CC2(F)F)c(=O)[nH]c1=O. The molecule has 106 valence electrons. The smallest absolute Gasteiger partial charge is 0.330 e. The molecule has 2 N–H and O–H groups in total. The van der Waals surface area contributed by atoms with Crippen LogP contribution in [0.1, 0.15) is 25.1 Å². The van der Waals surface area contributed by atoms with Gasteiger partial charge in [0, 0.05) is 18.2 Å². The summed E-state index contributed by atoms with van der Waals surface area (Å²) in [6.07, 6.45) is -3.60. The van der Waals surface area contributed by atoms with Gasteiger partial charge in [-0.2, -0.15) is 0 Å². The number of aliphatic hydroxyl groups is 1. The van der Waals surface area contributed by atoms with Gasteiger partial charge in [-0.05, 0) is 13.8 Å². The Bertz CT molecular complexity index is 593. The number of aromatic amines is 1. The molecular formula is C11H14F2N2O4. The zero-order valence-corrected chi connectivity index (χ0v) is 10.4. The summed E-state index contributed by atoms with van der Waals surface area (Å²) in [5.41, 5.74) is -1.47. The van der Waals surface area contributed by atoms with Crippen molar-refractivity contribution in [1.29, 1.82) is 0 Å². The predicted molar refractivity (Wildman–Crippen MR) is 61.2 cm³/mol. The van der Waals surface area contributed by atoms with Crippen molar-refractivity contribution in [3.63, 3.8) is 0 Å². The summed E-state index contributed by atoms with van der Waals surface area (Å²) in [5, 5.41) is 9.31. The molecule has 0 saturated carbocycles. The Kier molecular flexibility index (Phi) is 3.31. The minimum Gasteiger partial charge on any atom is -0.391 e. The number of nitrogens with one attached hydrogen (secondary N) is 1. The van der Waals surface area contributed by atoms with Gasteiger partial charge in [-0.15, -0.1) is 0 Å². The van der Waals surface area contributed by atoms with Gasteiger partial charge in [-0.3, -0.25) is 14.3 Å². The summed E-state index contributed by atoms with van der Waals surface area (Å²) < 4.78 is 33.4. The van der Waals surface area contributed by atoms with Crippen molar-refractivity contribution in [2.45, 2.75) is 44.6 Å². The highest BCUT2D eigenvalue weighted by molar-refractivity contribution is 5.03. The molecule has 1 fully saturated rings. The number of alkyl halides is 2. The maximum Gasteiger partial charge on any atom is 0.330 e. The zero-order chi connectivity index (χ0) is 14.4. The van der Waals surface area contributed by atoms with E-state index in [-0.39, 0.29) is 5.56 Å². The van der Waals surface area contributed by atoms with Crippen molar-refractivity contribution in [3.8, 4) is 0 Å². The Morgan fingerprint density at radius 2 is 2.21 bits per heavy atom. The molecule has 1 aromatic rings. The Morgan fingerprint density at radius 3 is 2.74 bits per heavy atom. The second-order valence-corrected chi connectivity index (χ2v) is 4.71. The molecule has 0 spiro atoms. The van der Waals surface area contributed by atoms with Crippen LogP contribution in [-0.2, 0) is 4.74 Å². The summed E-state index contributed by atoms with van der Waals surface area (Å²) >= 11 is 0. The number of nitrogens with zero attached hydrogens (tertiary/aromatic N) is 1. The normalized spacial score (nSPS) is 27.4. The highest BCUT2D eigenvalue weighted by Crippen LogP contribution is 2.42. The minimum atomic E-state index is -3.30. The van der Waals surface area contributed by atoms with Gasteiger partial charge in [0.15, 0.2) is 0 Å². The molecular weight excluding hydrogens is 262 g/mol. The van der Waals surface area contributed by atoms with Crippen LogP contribution in [0.25, 0.3) is 0 Å². The summed E-state index contributed by atoms with van der Waals surface area (Å²) in [5.74, 6) is -3.30. The molecule has 2 rings (SSSR count). The first-order valence-electron chi connectivity index (χ1n) is 5.76. The first kappa shape index (κ1) is 13.9. The zero-order valence-electron chi connectivity index (χ0n) is 10.4. The largest absolute Gasteiger partial charge is 0.391 e. The number of halogens is 2. The molecule has 0 amide bonds. The van der Waals surface area contributed by atoms with Crippen LogP contribution in [0, 0.1) is 6.92 Å². The fourth-order valence-corrected chi connectivity index (χ4v) is 2.00. The lowest BCUT2D eigenvalue weighted by Crippen LogP contribution is -2.38. The molecule has 1 saturated heterocycles. The second-order valence-electron chi connectivity index (χ2n) is 4.71. The fourth-order valence-electron chi connectivity index (χ4n) is 2.00. The first-order chi connectivity index (χ1) is 8.72. The van der Waals surface area contributed by atoms with Crippen molar-refractivity contribution >= 4 is 0 Å². The van der Waals surface area contributed by atoms with Crippen LogP contribution < -0.4 is 11.2 Å². The van der Waals surface area contributed by atoms with E-state index in [1.807, 2.05) is 4.98 Å². The average Bonchev–Trinajstić information content (AvgIpc) is 2.60. The number of aliphatic hydroxyl groups excluding tert-OH is 1. The van der Waals surface area contributed by atoms with Crippen molar-refractivity contribution < 1.29 is 18.6 Å². The quantitative estimate of drug-likeness (QED) is 0.805. The molecule has 8 heteroatoms. The third-order valence-electron chi connectivity index (χ3n) is 3.07. The third-order valence-corrected chi connectivity index (χ3v) is 3.07. The maximum absolute atomic E-state index is 13.8. The monoisotopic (exact) mass is 276 g/mol. The highest BCUT2D eigenvalue weighted by atomic mass is 19.3. The van der Waals surface area contributed by atoms with Crippen LogP contribution in [0.5, 0.6) is 0 Å². The van der Waals surface area contributed by atoms with E-state index in [4.69, 9.17) is 4.74 Å². The first-order valence-corrected chi connectivity index (χ1v) is 5.76. The molecule has 0 aromatic carbocycles. The lowest BCUT2D eigenvalue weighted by Gasteiger charge is -2.20. The van der Waals surface area contributed by atoms with E-state index in [9.17, 15) is 23.5 Å². The van der Waals surface area contributed by atoms with E-state index < -0.39 is 42.0 Å². The number of ether oxygens (including phenoxy) is 1. The number of hydrogen-bond acceptors (Lipinski definition) is 4. The molecule has 6 nitrogen and oxygen atoms in total. The molecule has 1 aliphatic heterocycles. The minimum absolute atomic E-state index is 0.125. The Balaban J connectivity index is 2.45. The summed E-state index contributed by atoms with van der Waals surface area (Å²) in [6, 6.07) is 0. The van der Waals surface area contributed by atoms with Gasteiger partial charge in [-0.1, -0.05) is 0 Å². The molecule has 3 unspecified atom stereocenters. The summed E-state index contributed by atoms with van der Waals surface area (Å²) in [4.78, 5) is 24.7. The molecule has 0 radical (unpaired) electrons. The number of H-pyrrole nitrogens is 1. The topological polar surface area (TPSA) is 84.3 Å². The predicted octanol–water partition coefficient (Wildman–Crippen LogP) is 0.149. The van der Waals surface area contributed by atoms with Crippen molar-refractivity contribution in [3.05, 3.63) is 32.6 Å². The van der Waals surface area contributed by atoms with Gasteiger partial charge in [0.1, 0.15) is 0 Å². The van der Waals surface area contributed by atoms with E-state index in [1.54, 1.807) is 0 Å². The van der Waals surface area contributed by atoms with E-state index in [0.29, 0.717) is 4.57 Å². The number of hydrogen-bond donors (Lipinski definition) is 2. The fraction of sp³-hybridized carbons (Fsp3) is 0.636. The van der Waals surface area contributed by atoms with Crippen molar-refractivity contribution in [1.82, 2.24) is 9.55 Å². The molecule has 0 aliphatic carbocycles. The van der Waals surface area contributed by atoms with E-state index >= 15 is 0 Å². The average molecular weight is 276 g/mol. The standard InChI is InChI=1S/C11H14F2N2O4/c1-5-4-15(10(18)14-8(5)17)9-11(12,13)3-7(19-9)6(2)16/h4,6-7,9,16H,3H2,1-2H3,(H,14,17,18). The molecule has 1 aliphatic rings. The Labute approximate surface area is 106 Å². The molecule has 3 atom stereocenters. The molecule has 2 heterocycles. The number of aromatic nitrogens is 2. The van der Waals surface area contributed by atoms with Gasteiger partial charge in [0.05, 0.1) is 12.2 Å². The Hall–Kier alpha value is -1.54. The van der Waals surface area contributed by atoms with E-state index in [1.165, 1.54) is 13.8 Å². The van der Waals surface area contributed by atoms with Gasteiger partial charge < -0.3 is 9.84 Å². The van der Waals surface area contributed by atoms with Crippen LogP contribution in [-0.4, -0.2) is 32.8 Å². The third kappa shape index (κ3) is 2.45. The van der Waals surface area contributed by atoms with Crippen LogP contribution in [0.3, 0.4) is 0 Å². The number of rotatable bonds is 2. The second kappa shape index (κ2) is 4.53. The van der Waals surface area contributed by atoms with Gasteiger partial charge in [0.25, 0.3) is 11.5 Å². The van der Waals surface area contributed by atoms with E-state index in [0.717, 1.165) is 6.20 Å². The molecule has 19 heavy (non-hydrogen) atoms. The van der Waals surface area contributed by atoms with Crippen LogP contribution >= 0.6 is 0 Å². The molecule has 0 bridgehead atoms. The van der Waals surface area contributed by atoms with Gasteiger partial charge >= 0.3 is 5.69 Å².